The lowest BCUT2D eigenvalue weighted by molar-refractivity contribution is 0.0530. The summed E-state index contributed by atoms with van der Waals surface area (Å²) in [4.78, 5) is 8.58. The van der Waals surface area contributed by atoms with Crippen LogP contribution in [0.15, 0.2) is 6.20 Å². The molecule has 1 N–H and O–H groups in total. The predicted octanol–water partition coefficient (Wildman–Crippen LogP) is 1.84. The zero-order valence-electron chi connectivity index (χ0n) is 12.0. The molecular formula is C14H23N3O2. The van der Waals surface area contributed by atoms with Crippen molar-refractivity contribution < 1.29 is 9.47 Å². The van der Waals surface area contributed by atoms with Crippen molar-refractivity contribution in [1.82, 2.24) is 15.3 Å². The lowest BCUT2D eigenvalue weighted by Gasteiger charge is -2.10. The third-order valence-electron chi connectivity index (χ3n) is 2.98. The standard InChI is InChI=1S/C14H23N3O2/c1-10(2)18-6-7-19-14-16-9-12(11(3)17-14)8-15-13-4-5-13/h9-10,13,15H,4-8H2,1-3H3. The monoisotopic (exact) mass is 265 g/mol. The SMILES string of the molecule is Cc1nc(OCCOC(C)C)ncc1CNC1CC1. The van der Waals surface area contributed by atoms with E-state index in [-0.39, 0.29) is 6.10 Å². The molecule has 0 saturated heterocycles. The Hall–Kier alpha value is -1.20. The fourth-order valence-electron chi connectivity index (χ4n) is 1.67. The second-order valence-corrected chi connectivity index (χ2v) is 5.19. The minimum absolute atomic E-state index is 0.224. The summed E-state index contributed by atoms with van der Waals surface area (Å²) in [6, 6.07) is 1.13. The fourth-order valence-corrected chi connectivity index (χ4v) is 1.67. The third-order valence-corrected chi connectivity index (χ3v) is 2.98. The van der Waals surface area contributed by atoms with E-state index < -0.39 is 0 Å². The molecule has 1 fully saturated rings. The van der Waals surface area contributed by atoms with Gasteiger partial charge in [-0.3, -0.25) is 0 Å². The van der Waals surface area contributed by atoms with Crippen molar-refractivity contribution in [2.75, 3.05) is 13.2 Å². The van der Waals surface area contributed by atoms with E-state index in [0.717, 1.165) is 17.8 Å². The lowest BCUT2D eigenvalue weighted by Crippen LogP contribution is -2.17. The molecule has 0 bridgehead atoms. The van der Waals surface area contributed by atoms with Gasteiger partial charge in [-0.15, -0.1) is 0 Å². The van der Waals surface area contributed by atoms with E-state index in [4.69, 9.17) is 9.47 Å². The molecule has 0 amide bonds. The Balaban J connectivity index is 1.76. The Bertz CT molecular complexity index is 406. The first-order valence-electron chi connectivity index (χ1n) is 6.95. The van der Waals surface area contributed by atoms with Crippen LogP contribution in [0.25, 0.3) is 0 Å². The van der Waals surface area contributed by atoms with Gasteiger partial charge < -0.3 is 14.8 Å². The van der Waals surface area contributed by atoms with Crippen molar-refractivity contribution in [2.45, 2.75) is 52.3 Å². The van der Waals surface area contributed by atoms with Gasteiger partial charge >= 0.3 is 6.01 Å². The molecule has 5 heteroatoms. The lowest BCUT2D eigenvalue weighted by atomic mass is 10.2. The molecule has 1 saturated carbocycles. The molecule has 0 spiro atoms. The molecule has 0 aromatic carbocycles. The summed E-state index contributed by atoms with van der Waals surface area (Å²) in [6.07, 6.45) is 4.65. The van der Waals surface area contributed by atoms with Gasteiger partial charge in [-0.1, -0.05) is 0 Å². The largest absolute Gasteiger partial charge is 0.461 e. The highest BCUT2D eigenvalue weighted by atomic mass is 16.5. The predicted molar refractivity (Wildman–Crippen MR) is 73.2 cm³/mol. The van der Waals surface area contributed by atoms with Crippen molar-refractivity contribution in [1.29, 1.82) is 0 Å². The van der Waals surface area contributed by atoms with Crippen molar-refractivity contribution in [3.05, 3.63) is 17.5 Å². The van der Waals surface area contributed by atoms with Gasteiger partial charge in [-0.05, 0) is 33.6 Å². The molecule has 2 rings (SSSR count). The summed E-state index contributed by atoms with van der Waals surface area (Å²) in [5.74, 6) is 0. The zero-order chi connectivity index (χ0) is 13.7. The smallest absolute Gasteiger partial charge is 0.316 e. The van der Waals surface area contributed by atoms with Gasteiger partial charge in [0.1, 0.15) is 6.61 Å². The Kier molecular flexibility index (Phi) is 5.10. The Labute approximate surface area is 114 Å². The molecule has 0 aliphatic heterocycles. The van der Waals surface area contributed by atoms with Crippen molar-refractivity contribution in [3.63, 3.8) is 0 Å². The van der Waals surface area contributed by atoms with E-state index in [1.54, 1.807) is 0 Å². The Morgan fingerprint density at radius 3 is 2.79 bits per heavy atom. The summed E-state index contributed by atoms with van der Waals surface area (Å²) in [7, 11) is 0. The van der Waals surface area contributed by atoms with Crippen molar-refractivity contribution >= 4 is 0 Å². The number of nitrogens with one attached hydrogen (secondary N) is 1. The first-order chi connectivity index (χ1) is 9.15. The van der Waals surface area contributed by atoms with Gasteiger partial charge in [0.05, 0.1) is 12.7 Å². The minimum atomic E-state index is 0.224. The quantitative estimate of drug-likeness (QED) is 0.727. The maximum absolute atomic E-state index is 5.46. The van der Waals surface area contributed by atoms with Crippen LogP contribution >= 0.6 is 0 Å². The molecular weight excluding hydrogens is 242 g/mol. The Morgan fingerprint density at radius 2 is 2.16 bits per heavy atom. The molecule has 1 aliphatic carbocycles. The average molecular weight is 265 g/mol. The summed E-state index contributed by atoms with van der Waals surface area (Å²) in [6.45, 7) is 7.88. The second-order valence-electron chi connectivity index (χ2n) is 5.19. The summed E-state index contributed by atoms with van der Waals surface area (Å²) < 4.78 is 10.9. The normalized spacial score (nSPS) is 14.9. The first-order valence-corrected chi connectivity index (χ1v) is 6.95. The summed E-state index contributed by atoms with van der Waals surface area (Å²) >= 11 is 0. The van der Waals surface area contributed by atoms with Crippen LogP contribution < -0.4 is 10.1 Å². The van der Waals surface area contributed by atoms with Crippen LogP contribution in [0, 0.1) is 6.92 Å². The number of rotatable bonds is 8. The van der Waals surface area contributed by atoms with Crippen LogP contribution in [0.4, 0.5) is 0 Å². The number of aromatic nitrogens is 2. The highest BCUT2D eigenvalue weighted by Crippen LogP contribution is 2.19. The molecule has 106 valence electrons. The number of nitrogens with zero attached hydrogens (tertiary/aromatic N) is 2. The van der Waals surface area contributed by atoms with Crippen LogP contribution in [0.3, 0.4) is 0 Å². The molecule has 0 unspecified atom stereocenters. The van der Waals surface area contributed by atoms with Crippen LogP contribution in [-0.4, -0.2) is 35.3 Å². The van der Waals surface area contributed by atoms with Gasteiger partial charge in [0.2, 0.25) is 0 Å². The van der Waals surface area contributed by atoms with Gasteiger partial charge in [0, 0.05) is 30.0 Å². The molecule has 5 nitrogen and oxygen atoms in total. The Morgan fingerprint density at radius 1 is 1.37 bits per heavy atom. The van der Waals surface area contributed by atoms with Gasteiger partial charge in [0.25, 0.3) is 0 Å². The van der Waals surface area contributed by atoms with E-state index in [2.05, 4.69) is 15.3 Å². The average Bonchev–Trinajstić information content (AvgIpc) is 3.17. The van der Waals surface area contributed by atoms with Gasteiger partial charge in [0.15, 0.2) is 0 Å². The van der Waals surface area contributed by atoms with Crippen LogP contribution in [0.1, 0.15) is 37.9 Å². The summed E-state index contributed by atoms with van der Waals surface area (Å²) in [5, 5.41) is 3.46. The van der Waals surface area contributed by atoms with Crippen molar-refractivity contribution in [3.8, 4) is 6.01 Å². The molecule has 1 aliphatic rings. The van der Waals surface area contributed by atoms with Crippen LogP contribution in [0.5, 0.6) is 6.01 Å². The topological polar surface area (TPSA) is 56.3 Å². The number of aryl methyl sites for hydroxylation is 1. The third kappa shape index (κ3) is 5.12. The summed E-state index contributed by atoms with van der Waals surface area (Å²) in [5.41, 5.74) is 2.11. The van der Waals surface area contributed by atoms with E-state index in [1.165, 1.54) is 12.8 Å². The number of hydrogen-bond acceptors (Lipinski definition) is 5. The number of ether oxygens (including phenoxy) is 2. The maximum Gasteiger partial charge on any atom is 0.316 e. The van der Waals surface area contributed by atoms with E-state index in [1.807, 2.05) is 27.0 Å². The molecule has 19 heavy (non-hydrogen) atoms. The maximum atomic E-state index is 5.46. The first kappa shape index (κ1) is 14.2. The highest BCUT2D eigenvalue weighted by Gasteiger charge is 2.20. The van der Waals surface area contributed by atoms with E-state index in [0.29, 0.717) is 25.3 Å². The molecule has 1 aromatic rings. The second kappa shape index (κ2) is 6.82. The zero-order valence-corrected chi connectivity index (χ0v) is 12.0. The van der Waals surface area contributed by atoms with Crippen LogP contribution in [0.2, 0.25) is 0 Å². The highest BCUT2D eigenvalue weighted by molar-refractivity contribution is 5.17. The molecule has 1 heterocycles. The van der Waals surface area contributed by atoms with Gasteiger partial charge in [-0.2, -0.15) is 0 Å². The van der Waals surface area contributed by atoms with Crippen LogP contribution in [-0.2, 0) is 11.3 Å². The molecule has 0 atom stereocenters. The number of hydrogen-bond donors (Lipinski definition) is 1. The van der Waals surface area contributed by atoms with Gasteiger partial charge in [-0.25, -0.2) is 9.97 Å². The van der Waals surface area contributed by atoms with Crippen molar-refractivity contribution in [2.24, 2.45) is 0 Å². The van der Waals surface area contributed by atoms with E-state index >= 15 is 0 Å². The molecule has 1 aromatic heterocycles. The fraction of sp³-hybridized carbons (Fsp3) is 0.714. The van der Waals surface area contributed by atoms with E-state index in [9.17, 15) is 0 Å². The molecule has 0 radical (unpaired) electrons. The minimum Gasteiger partial charge on any atom is -0.461 e.